The zero-order valence-corrected chi connectivity index (χ0v) is 18.0. The second kappa shape index (κ2) is 6.33. The Labute approximate surface area is 169 Å². The van der Waals surface area contributed by atoms with Gasteiger partial charge in [-0.25, -0.2) is 0 Å². The first-order chi connectivity index (χ1) is 13.0. The number of hydrogen-bond acceptors (Lipinski definition) is 2. The molecule has 0 saturated carbocycles. The van der Waals surface area contributed by atoms with E-state index in [1.807, 2.05) is 27.7 Å². The minimum atomic E-state index is -0.921. The molecule has 0 amide bonds. The van der Waals surface area contributed by atoms with Crippen LogP contribution in [0.3, 0.4) is 0 Å². The SMILES string of the molecule is CC1(C)C2=C(C=CCC2)c2c1cc1ccccc1c2BOC(C)(C)C(C)(C)O. The molecule has 0 aromatic heterocycles. The largest absolute Gasteiger partial charge is 0.427 e. The fourth-order valence-corrected chi connectivity index (χ4v) is 4.51. The summed E-state index contributed by atoms with van der Waals surface area (Å²) in [7, 11) is 0.487. The number of fused-ring (bicyclic) bond motifs is 3. The van der Waals surface area contributed by atoms with Crippen LogP contribution in [0.25, 0.3) is 16.3 Å². The quantitative estimate of drug-likeness (QED) is 0.781. The lowest BCUT2D eigenvalue weighted by Gasteiger charge is -2.38. The Morgan fingerprint density at radius 2 is 1.82 bits per heavy atom. The molecule has 0 fully saturated rings. The van der Waals surface area contributed by atoms with Crippen LogP contribution in [0.2, 0.25) is 0 Å². The number of rotatable bonds is 4. The lowest BCUT2D eigenvalue weighted by Crippen LogP contribution is -2.49. The van der Waals surface area contributed by atoms with Crippen molar-refractivity contribution in [2.24, 2.45) is 0 Å². The van der Waals surface area contributed by atoms with Crippen molar-refractivity contribution in [1.82, 2.24) is 0 Å². The van der Waals surface area contributed by atoms with E-state index in [1.54, 1.807) is 5.57 Å². The molecule has 0 aliphatic heterocycles. The third-order valence-corrected chi connectivity index (χ3v) is 7.08. The maximum atomic E-state index is 10.6. The summed E-state index contributed by atoms with van der Waals surface area (Å²) in [5.74, 6) is 0. The summed E-state index contributed by atoms with van der Waals surface area (Å²) in [6.45, 7) is 12.3. The van der Waals surface area contributed by atoms with E-state index in [0.717, 1.165) is 12.8 Å². The van der Waals surface area contributed by atoms with Crippen molar-refractivity contribution >= 4 is 29.3 Å². The molecular formula is C25H31BO2. The van der Waals surface area contributed by atoms with Crippen LogP contribution >= 0.6 is 0 Å². The highest BCUT2D eigenvalue weighted by Gasteiger charge is 2.40. The molecule has 2 aromatic carbocycles. The molecule has 28 heavy (non-hydrogen) atoms. The van der Waals surface area contributed by atoms with Crippen LogP contribution < -0.4 is 5.46 Å². The van der Waals surface area contributed by atoms with Crippen LogP contribution in [0.15, 0.2) is 48.1 Å². The molecule has 0 saturated heterocycles. The van der Waals surface area contributed by atoms with Gasteiger partial charge in [-0.2, -0.15) is 0 Å². The summed E-state index contributed by atoms with van der Waals surface area (Å²) >= 11 is 0. The van der Waals surface area contributed by atoms with Crippen LogP contribution in [-0.4, -0.2) is 23.8 Å². The third-order valence-electron chi connectivity index (χ3n) is 7.08. The zero-order valence-electron chi connectivity index (χ0n) is 18.0. The molecule has 0 atom stereocenters. The van der Waals surface area contributed by atoms with E-state index < -0.39 is 11.2 Å². The summed E-state index contributed by atoms with van der Waals surface area (Å²) in [5, 5.41) is 13.1. The van der Waals surface area contributed by atoms with Crippen LogP contribution in [0, 0.1) is 0 Å². The average molecular weight is 374 g/mol. The summed E-state index contributed by atoms with van der Waals surface area (Å²) in [4.78, 5) is 0. The minimum absolute atomic E-state index is 0.0416. The van der Waals surface area contributed by atoms with E-state index in [2.05, 4.69) is 56.3 Å². The monoisotopic (exact) mass is 374 g/mol. The van der Waals surface area contributed by atoms with Gasteiger partial charge in [-0.1, -0.05) is 55.8 Å². The van der Waals surface area contributed by atoms with Gasteiger partial charge in [-0.15, -0.1) is 0 Å². The maximum Gasteiger partial charge on any atom is 0.310 e. The van der Waals surface area contributed by atoms with Gasteiger partial charge in [0.05, 0.1) is 11.2 Å². The van der Waals surface area contributed by atoms with Gasteiger partial charge in [-0.05, 0) is 79.5 Å². The standard InChI is InChI=1S/C25H31BO2/c1-23(2)19-14-10-9-13-18(19)21-20(23)15-16-11-7-8-12-17(16)22(21)26-28-25(5,6)24(3,4)27/h7-9,11-13,15,26-27H,10,14H2,1-6H3. The van der Waals surface area contributed by atoms with Gasteiger partial charge >= 0.3 is 7.48 Å². The predicted octanol–water partition coefficient (Wildman–Crippen LogP) is 4.78. The second-order valence-electron chi connectivity index (χ2n) is 9.82. The van der Waals surface area contributed by atoms with E-state index in [4.69, 9.17) is 4.65 Å². The number of benzene rings is 2. The highest BCUT2D eigenvalue weighted by molar-refractivity contribution is 6.53. The van der Waals surface area contributed by atoms with Crippen LogP contribution in [-0.2, 0) is 10.1 Å². The van der Waals surface area contributed by atoms with Crippen LogP contribution in [0.1, 0.15) is 65.5 Å². The molecule has 2 aliphatic carbocycles. The van der Waals surface area contributed by atoms with Gasteiger partial charge in [0.2, 0.25) is 0 Å². The highest BCUT2D eigenvalue weighted by atomic mass is 16.5. The van der Waals surface area contributed by atoms with Crippen LogP contribution in [0.5, 0.6) is 0 Å². The van der Waals surface area contributed by atoms with Crippen molar-refractivity contribution in [2.45, 2.75) is 71.0 Å². The van der Waals surface area contributed by atoms with Gasteiger partial charge < -0.3 is 9.76 Å². The molecule has 2 nitrogen and oxygen atoms in total. The molecule has 2 aromatic rings. The van der Waals surface area contributed by atoms with E-state index in [9.17, 15) is 5.11 Å². The van der Waals surface area contributed by atoms with Crippen LogP contribution in [0.4, 0.5) is 0 Å². The molecule has 3 heteroatoms. The van der Waals surface area contributed by atoms with Gasteiger partial charge in [0.25, 0.3) is 0 Å². The van der Waals surface area contributed by atoms with E-state index in [-0.39, 0.29) is 5.41 Å². The first kappa shape index (κ1) is 19.5. The first-order valence-corrected chi connectivity index (χ1v) is 10.4. The predicted molar refractivity (Wildman–Crippen MR) is 121 cm³/mol. The molecular weight excluding hydrogens is 343 g/mol. The smallest absolute Gasteiger partial charge is 0.310 e. The molecule has 0 spiro atoms. The molecule has 146 valence electrons. The Morgan fingerprint density at radius 3 is 2.54 bits per heavy atom. The minimum Gasteiger partial charge on any atom is -0.427 e. The molecule has 0 radical (unpaired) electrons. The normalized spacial score (nSPS) is 18.4. The maximum absolute atomic E-state index is 10.6. The fraction of sp³-hybridized carbons (Fsp3) is 0.440. The van der Waals surface area contributed by atoms with Gasteiger partial charge in [0.15, 0.2) is 0 Å². The van der Waals surface area contributed by atoms with Crippen molar-refractivity contribution in [2.75, 3.05) is 0 Å². The topological polar surface area (TPSA) is 29.5 Å². The molecule has 1 N–H and O–H groups in total. The number of aliphatic hydroxyl groups is 1. The van der Waals surface area contributed by atoms with Crippen molar-refractivity contribution in [3.8, 4) is 0 Å². The Hall–Kier alpha value is -1.84. The Balaban J connectivity index is 1.91. The second-order valence-corrected chi connectivity index (χ2v) is 9.82. The van der Waals surface area contributed by atoms with E-state index in [0.29, 0.717) is 7.48 Å². The molecule has 4 rings (SSSR count). The number of allylic oxidation sites excluding steroid dienone is 4. The Morgan fingerprint density at radius 1 is 1.11 bits per heavy atom. The van der Waals surface area contributed by atoms with Crippen molar-refractivity contribution in [1.29, 1.82) is 0 Å². The molecule has 0 heterocycles. The summed E-state index contributed by atoms with van der Waals surface area (Å²) in [6.07, 6.45) is 6.85. The Kier molecular flexibility index (Phi) is 4.41. The van der Waals surface area contributed by atoms with E-state index in [1.165, 1.54) is 32.9 Å². The molecule has 0 unspecified atom stereocenters. The summed E-state index contributed by atoms with van der Waals surface area (Å²) in [5.41, 5.74) is 5.40. The first-order valence-electron chi connectivity index (χ1n) is 10.4. The van der Waals surface area contributed by atoms with Crippen molar-refractivity contribution < 1.29 is 9.76 Å². The van der Waals surface area contributed by atoms with Crippen molar-refractivity contribution in [3.05, 3.63) is 59.2 Å². The summed E-state index contributed by atoms with van der Waals surface area (Å²) in [6, 6.07) is 11.0. The van der Waals surface area contributed by atoms with Gasteiger partial charge in [-0.3, -0.25) is 0 Å². The fourth-order valence-electron chi connectivity index (χ4n) is 4.51. The molecule has 2 aliphatic rings. The summed E-state index contributed by atoms with van der Waals surface area (Å²) < 4.78 is 6.36. The Bertz CT molecular complexity index is 1000. The highest BCUT2D eigenvalue weighted by Crippen LogP contribution is 2.50. The van der Waals surface area contributed by atoms with E-state index >= 15 is 0 Å². The van der Waals surface area contributed by atoms with Crippen molar-refractivity contribution in [3.63, 3.8) is 0 Å². The zero-order chi connectivity index (χ0) is 20.3. The number of hydrogen-bond donors (Lipinski definition) is 1. The van der Waals surface area contributed by atoms with Gasteiger partial charge in [0.1, 0.15) is 0 Å². The average Bonchev–Trinajstić information content (AvgIpc) is 2.86. The third kappa shape index (κ3) is 2.87. The lowest BCUT2D eigenvalue weighted by molar-refractivity contribution is -0.0893. The molecule has 0 bridgehead atoms. The lowest BCUT2D eigenvalue weighted by atomic mass is 9.73. The van der Waals surface area contributed by atoms with Gasteiger partial charge in [0, 0.05) is 5.41 Å².